The number of carbonyl (C=O) groups is 1. The Morgan fingerprint density at radius 2 is 2.18 bits per heavy atom. The van der Waals surface area contributed by atoms with Crippen molar-refractivity contribution in [3.8, 4) is 0 Å². The van der Waals surface area contributed by atoms with Crippen molar-refractivity contribution in [1.29, 1.82) is 0 Å². The Balaban J connectivity index is 1.84. The van der Waals surface area contributed by atoms with E-state index in [-0.39, 0.29) is 6.10 Å². The van der Waals surface area contributed by atoms with Crippen molar-refractivity contribution >= 4 is 6.29 Å². The number of aryl methyl sites for hydroxylation is 1. The molecule has 0 heterocycles. The van der Waals surface area contributed by atoms with Crippen molar-refractivity contribution in [3.05, 3.63) is 35.4 Å². The normalized spacial score (nSPS) is 18.7. The van der Waals surface area contributed by atoms with Gasteiger partial charge in [0.2, 0.25) is 0 Å². The molecule has 0 amide bonds. The van der Waals surface area contributed by atoms with Crippen LogP contribution in [0.15, 0.2) is 24.3 Å². The first kappa shape index (κ1) is 12.3. The van der Waals surface area contributed by atoms with Crippen molar-refractivity contribution in [2.24, 2.45) is 0 Å². The molecule has 2 rings (SSSR count). The summed E-state index contributed by atoms with van der Waals surface area (Å²) in [6.07, 6.45) is 7.37. The molecule has 17 heavy (non-hydrogen) atoms. The number of rotatable bonds is 6. The van der Waals surface area contributed by atoms with E-state index in [4.69, 9.17) is 4.74 Å². The van der Waals surface area contributed by atoms with E-state index in [2.05, 4.69) is 24.3 Å². The van der Waals surface area contributed by atoms with Gasteiger partial charge in [-0.2, -0.15) is 0 Å². The zero-order valence-electron chi connectivity index (χ0n) is 10.2. The van der Waals surface area contributed by atoms with Gasteiger partial charge in [0.05, 0.1) is 6.10 Å². The van der Waals surface area contributed by atoms with Gasteiger partial charge in [-0.25, -0.2) is 0 Å². The highest BCUT2D eigenvalue weighted by Crippen LogP contribution is 2.32. The molecule has 0 fully saturated rings. The van der Waals surface area contributed by atoms with Crippen molar-refractivity contribution < 1.29 is 9.53 Å². The van der Waals surface area contributed by atoms with Crippen molar-refractivity contribution in [3.63, 3.8) is 0 Å². The van der Waals surface area contributed by atoms with Crippen LogP contribution in [0, 0.1) is 0 Å². The Bertz CT molecular complexity index is 360. The van der Waals surface area contributed by atoms with Crippen molar-refractivity contribution in [1.82, 2.24) is 0 Å². The van der Waals surface area contributed by atoms with Crippen LogP contribution >= 0.6 is 0 Å². The third-order valence-corrected chi connectivity index (χ3v) is 3.35. The molecule has 1 aliphatic rings. The Kier molecular flexibility index (Phi) is 4.75. The minimum atomic E-state index is 0.274. The van der Waals surface area contributed by atoms with Crippen LogP contribution in [0.5, 0.6) is 0 Å². The zero-order valence-corrected chi connectivity index (χ0v) is 10.2. The molecule has 0 N–H and O–H groups in total. The molecule has 0 radical (unpaired) electrons. The van der Waals surface area contributed by atoms with Crippen LogP contribution in [-0.4, -0.2) is 12.9 Å². The quantitative estimate of drug-likeness (QED) is 0.554. The summed E-state index contributed by atoms with van der Waals surface area (Å²) in [5.74, 6) is 0. The minimum Gasteiger partial charge on any atom is -0.374 e. The summed E-state index contributed by atoms with van der Waals surface area (Å²) in [7, 11) is 0. The maximum absolute atomic E-state index is 10.2. The summed E-state index contributed by atoms with van der Waals surface area (Å²) in [6, 6.07) is 8.58. The highest BCUT2D eigenvalue weighted by Gasteiger charge is 2.19. The van der Waals surface area contributed by atoms with Gasteiger partial charge in [-0.3, -0.25) is 0 Å². The first-order valence-electron chi connectivity index (χ1n) is 6.55. The largest absolute Gasteiger partial charge is 0.374 e. The van der Waals surface area contributed by atoms with Crippen molar-refractivity contribution in [2.75, 3.05) is 6.61 Å². The second-order valence-electron chi connectivity index (χ2n) is 4.61. The van der Waals surface area contributed by atoms with Crippen LogP contribution in [0.4, 0.5) is 0 Å². The summed E-state index contributed by atoms with van der Waals surface area (Å²) in [5, 5.41) is 0. The third kappa shape index (κ3) is 3.40. The molecule has 0 aromatic heterocycles. The fourth-order valence-corrected chi connectivity index (χ4v) is 2.44. The Labute approximate surface area is 103 Å². The van der Waals surface area contributed by atoms with Crippen LogP contribution in [0.25, 0.3) is 0 Å². The Morgan fingerprint density at radius 1 is 1.29 bits per heavy atom. The van der Waals surface area contributed by atoms with Crippen LogP contribution in [0.2, 0.25) is 0 Å². The zero-order chi connectivity index (χ0) is 11.9. The fraction of sp³-hybridized carbons (Fsp3) is 0.533. The van der Waals surface area contributed by atoms with Crippen molar-refractivity contribution in [2.45, 2.75) is 44.6 Å². The van der Waals surface area contributed by atoms with E-state index < -0.39 is 0 Å². The summed E-state index contributed by atoms with van der Waals surface area (Å²) in [6.45, 7) is 0.771. The highest BCUT2D eigenvalue weighted by atomic mass is 16.5. The molecule has 1 aliphatic carbocycles. The van der Waals surface area contributed by atoms with Crippen LogP contribution in [0.1, 0.15) is 49.3 Å². The number of unbranched alkanes of at least 4 members (excludes halogenated alkanes) is 2. The Morgan fingerprint density at radius 3 is 3.06 bits per heavy atom. The summed E-state index contributed by atoms with van der Waals surface area (Å²) >= 11 is 0. The maximum Gasteiger partial charge on any atom is 0.119 e. The predicted octanol–water partition coefficient (Wildman–Crippen LogP) is 3.45. The predicted molar refractivity (Wildman–Crippen MR) is 68.0 cm³/mol. The summed E-state index contributed by atoms with van der Waals surface area (Å²) < 4.78 is 5.94. The molecule has 92 valence electrons. The van der Waals surface area contributed by atoms with Gasteiger partial charge in [0.25, 0.3) is 0 Å². The van der Waals surface area contributed by atoms with Crippen LogP contribution < -0.4 is 0 Å². The summed E-state index contributed by atoms with van der Waals surface area (Å²) in [4.78, 5) is 10.2. The van der Waals surface area contributed by atoms with Gasteiger partial charge in [0, 0.05) is 13.0 Å². The monoisotopic (exact) mass is 232 g/mol. The molecular formula is C15H20O2. The standard InChI is InChI=1S/C15H20O2/c16-11-4-1-5-12-17-15-10-6-8-13-7-2-3-9-14(13)15/h2-3,7,9,11,15H,1,4-6,8,10,12H2. The molecule has 0 bridgehead atoms. The lowest BCUT2D eigenvalue weighted by atomic mass is 9.89. The average Bonchev–Trinajstić information content (AvgIpc) is 2.39. The molecule has 0 spiro atoms. The molecule has 1 aromatic carbocycles. The van der Waals surface area contributed by atoms with Gasteiger partial charge in [-0.05, 0) is 43.2 Å². The topological polar surface area (TPSA) is 26.3 Å². The fourth-order valence-electron chi connectivity index (χ4n) is 2.44. The molecule has 0 saturated heterocycles. The lowest BCUT2D eigenvalue weighted by Crippen LogP contribution is -2.13. The molecule has 0 aliphatic heterocycles. The summed E-state index contributed by atoms with van der Waals surface area (Å²) in [5.41, 5.74) is 2.81. The second-order valence-corrected chi connectivity index (χ2v) is 4.61. The smallest absolute Gasteiger partial charge is 0.119 e. The van der Waals surface area contributed by atoms with E-state index in [0.717, 1.165) is 32.2 Å². The van der Waals surface area contributed by atoms with E-state index in [1.165, 1.54) is 24.0 Å². The molecule has 1 unspecified atom stereocenters. The molecule has 0 saturated carbocycles. The van der Waals surface area contributed by atoms with E-state index >= 15 is 0 Å². The van der Waals surface area contributed by atoms with Gasteiger partial charge in [0.15, 0.2) is 0 Å². The number of aldehydes is 1. The van der Waals surface area contributed by atoms with E-state index in [9.17, 15) is 4.79 Å². The van der Waals surface area contributed by atoms with E-state index in [0.29, 0.717) is 6.42 Å². The van der Waals surface area contributed by atoms with Crippen LogP contribution in [0.3, 0.4) is 0 Å². The molecule has 2 heteroatoms. The lowest BCUT2D eigenvalue weighted by Gasteiger charge is -2.25. The van der Waals surface area contributed by atoms with Gasteiger partial charge in [-0.15, -0.1) is 0 Å². The maximum atomic E-state index is 10.2. The molecular weight excluding hydrogens is 212 g/mol. The SMILES string of the molecule is O=CCCCCOC1CCCc2ccccc21. The average molecular weight is 232 g/mol. The number of benzene rings is 1. The minimum absolute atomic E-state index is 0.274. The van der Waals surface area contributed by atoms with E-state index in [1.807, 2.05) is 0 Å². The van der Waals surface area contributed by atoms with E-state index in [1.54, 1.807) is 0 Å². The Hall–Kier alpha value is -1.15. The first-order chi connectivity index (χ1) is 8.42. The number of hydrogen-bond acceptors (Lipinski definition) is 2. The van der Waals surface area contributed by atoms with Gasteiger partial charge in [-0.1, -0.05) is 24.3 Å². The highest BCUT2D eigenvalue weighted by molar-refractivity contribution is 5.48. The molecule has 1 atom stereocenters. The lowest BCUT2D eigenvalue weighted by molar-refractivity contribution is -0.108. The third-order valence-electron chi connectivity index (χ3n) is 3.35. The molecule has 2 nitrogen and oxygen atoms in total. The number of carbonyl (C=O) groups excluding carboxylic acids is 1. The number of hydrogen-bond donors (Lipinski definition) is 0. The van der Waals surface area contributed by atoms with Gasteiger partial charge in [0.1, 0.15) is 6.29 Å². The number of fused-ring (bicyclic) bond motifs is 1. The molecule has 1 aromatic rings. The van der Waals surface area contributed by atoms with Gasteiger partial charge < -0.3 is 9.53 Å². The number of ether oxygens (including phenoxy) is 1. The second kappa shape index (κ2) is 6.55. The van der Waals surface area contributed by atoms with Crippen LogP contribution in [-0.2, 0) is 16.0 Å². The first-order valence-corrected chi connectivity index (χ1v) is 6.55. The van der Waals surface area contributed by atoms with Gasteiger partial charge >= 0.3 is 0 Å².